The van der Waals surface area contributed by atoms with Crippen LogP contribution in [-0.4, -0.2) is 60.5 Å². The third-order valence-corrected chi connectivity index (χ3v) is 7.01. The van der Waals surface area contributed by atoms with E-state index in [1.165, 1.54) is 18.9 Å². The summed E-state index contributed by atoms with van der Waals surface area (Å²) in [5.41, 5.74) is 2.48. The van der Waals surface area contributed by atoms with E-state index in [0.29, 0.717) is 44.9 Å². The molecule has 2 heterocycles. The third kappa shape index (κ3) is 5.69. The first kappa shape index (κ1) is 25.2. The van der Waals surface area contributed by atoms with Crippen molar-refractivity contribution in [3.63, 3.8) is 0 Å². The number of methoxy groups -OCH3 is 1. The molecule has 2 aromatic rings. The van der Waals surface area contributed by atoms with Gasteiger partial charge in [-0.05, 0) is 30.7 Å². The van der Waals surface area contributed by atoms with Gasteiger partial charge in [-0.1, -0.05) is 53.2 Å². The summed E-state index contributed by atoms with van der Waals surface area (Å²) in [6.07, 6.45) is 0.318. The highest BCUT2D eigenvalue weighted by Gasteiger charge is 2.33. The molecule has 182 valence electrons. The molecule has 0 amide bonds. The first-order chi connectivity index (χ1) is 16.9. The van der Waals surface area contributed by atoms with E-state index in [1.807, 2.05) is 18.2 Å². The van der Waals surface area contributed by atoms with Gasteiger partial charge >= 0.3 is 5.97 Å². The number of benzodiazepines with no additional fused rings is 1. The highest BCUT2D eigenvalue weighted by molar-refractivity contribution is 8.14. The number of nitrogens with one attached hydrogen (secondary N) is 3. The van der Waals surface area contributed by atoms with Gasteiger partial charge in [0.15, 0.2) is 5.17 Å². The number of carbonyl (C=O) groups is 1. The molecule has 0 radical (unpaired) electrons. The van der Waals surface area contributed by atoms with Crippen molar-refractivity contribution < 1.29 is 9.53 Å². The van der Waals surface area contributed by atoms with Crippen molar-refractivity contribution >= 4 is 69.2 Å². The fourth-order valence-electron chi connectivity index (χ4n) is 3.85. The smallest absolute Gasteiger partial charge is 0.305 e. The van der Waals surface area contributed by atoms with Crippen LogP contribution in [0.2, 0.25) is 10.0 Å². The first-order valence-electron chi connectivity index (χ1n) is 11.0. The Morgan fingerprint density at radius 2 is 2.06 bits per heavy atom. The number of ether oxygens (including phenoxy) is 1. The molecule has 1 atom stereocenters. The number of halogens is 2. The van der Waals surface area contributed by atoms with E-state index in [0.717, 1.165) is 12.4 Å². The summed E-state index contributed by atoms with van der Waals surface area (Å²) < 4.78 is 4.81. The molecule has 8 nitrogen and oxygen atoms in total. The van der Waals surface area contributed by atoms with Crippen molar-refractivity contribution in [3.8, 4) is 0 Å². The van der Waals surface area contributed by atoms with Gasteiger partial charge < -0.3 is 10.1 Å². The second kappa shape index (κ2) is 11.2. The predicted molar refractivity (Wildman–Crippen MR) is 144 cm³/mol. The van der Waals surface area contributed by atoms with E-state index in [1.54, 1.807) is 29.2 Å². The van der Waals surface area contributed by atoms with Crippen LogP contribution in [0.3, 0.4) is 0 Å². The van der Waals surface area contributed by atoms with E-state index < -0.39 is 12.0 Å². The van der Waals surface area contributed by atoms with Crippen molar-refractivity contribution in [2.75, 3.05) is 30.9 Å². The zero-order valence-corrected chi connectivity index (χ0v) is 21.3. The number of fused-ring (bicyclic) bond motifs is 1. The summed E-state index contributed by atoms with van der Waals surface area (Å²) in [7, 11) is 1.33. The number of amidine groups is 3. The van der Waals surface area contributed by atoms with E-state index in [9.17, 15) is 4.79 Å². The van der Waals surface area contributed by atoms with Crippen molar-refractivity contribution in [1.82, 2.24) is 5.32 Å². The summed E-state index contributed by atoms with van der Waals surface area (Å²) in [5, 5.41) is 22.3. The van der Waals surface area contributed by atoms with E-state index in [-0.39, 0.29) is 23.8 Å². The van der Waals surface area contributed by atoms with Crippen LogP contribution in [0.15, 0.2) is 52.4 Å². The van der Waals surface area contributed by atoms with Gasteiger partial charge in [-0.25, -0.2) is 0 Å². The molecular formula is C24H24Cl2N6O2S. The van der Waals surface area contributed by atoms with E-state index in [2.05, 4.69) is 10.3 Å². The number of hydrogen-bond acceptors (Lipinski definition) is 8. The van der Waals surface area contributed by atoms with Crippen molar-refractivity contribution in [2.24, 2.45) is 9.98 Å². The molecule has 11 heteroatoms. The molecule has 0 unspecified atom stereocenters. The summed E-state index contributed by atoms with van der Waals surface area (Å²) in [6, 6.07) is 11.9. The van der Waals surface area contributed by atoms with Crippen LogP contribution in [0.5, 0.6) is 0 Å². The van der Waals surface area contributed by atoms with Crippen LogP contribution in [0, 0.1) is 10.8 Å². The van der Waals surface area contributed by atoms with Crippen molar-refractivity contribution in [3.05, 3.63) is 63.6 Å². The molecule has 2 aliphatic heterocycles. The maximum absolute atomic E-state index is 11.9. The van der Waals surface area contributed by atoms with Crippen LogP contribution in [0.4, 0.5) is 5.69 Å². The second-order valence-electron chi connectivity index (χ2n) is 7.82. The highest BCUT2D eigenvalue weighted by Crippen LogP contribution is 2.35. The molecule has 2 aliphatic rings. The minimum atomic E-state index is -0.713. The van der Waals surface area contributed by atoms with Crippen LogP contribution in [0.25, 0.3) is 0 Å². The first-order valence-corrected chi connectivity index (χ1v) is 12.7. The maximum Gasteiger partial charge on any atom is 0.305 e. The summed E-state index contributed by atoms with van der Waals surface area (Å²) in [6.45, 7) is 1.50. The molecular weight excluding hydrogens is 507 g/mol. The van der Waals surface area contributed by atoms with Crippen LogP contribution in [-0.2, 0) is 9.53 Å². The molecule has 4 rings (SSSR count). The predicted octanol–water partition coefficient (Wildman–Crippen LogP) is 4.62. The van der Waals surface area contributed by atoms with Gasteiger partial charge in [0.1, 0.15) is 17.7 Å². The SMILES string of the molecule is COC(=O)CC[C@@H]1N=C(c2ccccc2Cl)c2cc(Cl)ccc2N(C(=N)SCC2=NCCN2)C1=N. The maximum atomic E-state index is 11.9. The van der Waals surface area contributed by atoms with Crippen LogP contribution in [0.1, 0.15) is 24.0 Å². The lowest BCUT2D eigenvalue weighted by Crippen LogP contribution is -2.41. The second-order valence-corrected chi connectivity index (χ2v) is 9.63. The molecule has 0 spiro atoms. The van der Waals surface area contributed by atoms with Gasteiger partial charge in [0.05, 0.1) is 30.8 Å². The quantitative estimate of drug-likeness (QED) is 0.286. The minimum Gasteiger partial charge on any atom is -0.469 e. The number of nitrogens with zero attached hydrogens (tertiary/aromatic N) is 3. The van der Waals surface area contributed by atoms with Gasteiger partial charge in [0, 0.05) is 34.1 Å². The molecule has 0 bridgehead atoms. The Morgan fingerprint density at radius 3 is 2.77 bits per heavy atom. The zero-order chi connectivity index (χ0) is 24.9. The number of benzene rings is 2. The average Bonchev–Trinajstić information content (AvgIpc) is 3.34. The lowest BCUT2D eigenvalue weighted by atomic mass is 10.00. The fraction of sp³-hybridized carbons (Fsp3) is 0.292. The molecule has 0 fully saturated rings. The molecule has 0 saturated heterocycles. The molecule has 3 N–H and O–H groups in total. The van der Waals surface area contributed by atoms with Gasteiger partial charge in [-0.2, -0.15) is 0 Å². The number of rotatable bonds is 6. The number of carbonyl (C=O) groups excluding carboxylic acids is 1. The number of thioether (sulfide) groups is 1. The molecule has 0 aliphatic carbocycles. The monoisotopic (exact) mass is 530 g/mol. The van der Waals surface area contributed by atoms with Gasteiger partial charge in [0.25, 0.3) is 0 Å². The molecule has 0 saturated carbocycles. The van der Waals surface area contributed by atoms with Crippen molar-refractivity contribution in [1.29, 1.82) is 10.8 Å². The highest BCUT2D eigenvalue weighted by atomic mass is 35.5. The van der Waals surface area contributed by atoms with Gasteiger partial charge in [-0.15, -0.1) is 0 Å². The number of hydrogen-bond donors (Lipinski definition) is 3. The molecule has 35 heavy (non-hydrogen) atoms. The Kier molecular flexibility index (Phi) is 8.10. The standard InChI is InChI=1S/C24H24Cl2N6O2S/c1-34-21(33)9-7-18-23(27)32(24(28)35-13-20-29-10-11-30-20)19-8-6-14(25)12-16(19)22(31-18)15-4-2-3-5-17(15)26/h2-6,8,12,18,27-28H,7,9-11,13H2,1H3,(H,29,30)/t18-/m0/s1. The zero-order valence-electron chi connectivity index (χ0n) is 19.0. The van der Waals surface area contributed by atoms with E-state index >= 15 is 0 Å². The number of aliphatic imine (C=N–C) groups is 2. The minimum absolute atomic E-state index is 0.0784. The fourth-order valence-corrected chi connectivity index (χ4v) is 5.04. The van der Waals surface area contributed by atoms with Crippen LogP contribution >= 0.6 is 35.0 Å². The third-order valence-electron chi connectivity index (χ3n) is 5.57. The number of esters is 1. The summed E-state index contributed by atoms with van der Waals surface area (Å²) >= 11 is 14.2. The summed E-state index contributed by atoms with van der Waals surface area (Å²) in [4.78, 5) is 22.8. The Balaban J connectivity index is 1.80. The van der Waals surface area contributed by atoms with Crippen LogP contribution < -0.4 is 10.2 Å². The average molecular weight is 531 g/mol. The molecule has 2 aromatic carbocycles. The number of anilines is 1. The lowest BCUT2D eigenvalue weighted by molar-refractivity contribution is -0.140. The Labute approximate surface area is 217 Å². The Morgan fingerprint density at radius 1 is 1.26 bits per heavy atom. The Bertz CT molecular complexity index is 1230. The van der Waals surface area contributed by atoms with Gasteiger partial charge in [-0.3, -0.25) is 30.5 Å². The van der Waals surface area contributed by atoms with Crippen molar-refractivity contribution in [2.45, 2.75) is 18.9 Å². The molecule has 0 aromatic heterocycles. The topological polar surface area (TPSA) is 114 Å². The van der Waals surface area contributed by atoms with Gasteiger partial charge in [0.2, 0.25) is 0 Å². The summed E-state index contributed by atoms with van der Waals surface area (Å²) in [5.74, 6) is 1.00. The van der Waals surface area contributed by atoms with E-state index in [4.69, 9.17) is 43.7 Å². The largest absolute Gasteiger partial charge is 0.469 e. The Hall–Kier alpha value is -2.88. The lowest BCUT2D eigenvalue weighted by Gasteiger charge is -2.27. The normalized spacial score (nSPS) is 17.2.